The summed E-state index contributed by atoms with van der Waals surface area (Å²) in [5, 5.41) is 3.96. The number of ether oxygens (including phenoxy) is 2. The third kappa shape index (κ3) is 4.13. The van der Waals surface area contributed by atoms with E-state index in [1.165, 1.54) is 11.1 Å². The molecule has 0 aliphatic heterocycles. The fraction of sp³-hybridized carbons (Fsp3) is 0.294. The van der Waals surface area contributed by atoms with Gasteiger partial charge in [0.05, 0.1) is 19.2 Å². The fourth-order valence-electron chi connectivity index (χ4n) is 2.13. The highest BCUT2D eigenvalue weighted by molar-refractivity contribution is 6.32. The Hall–Kier alpha value is -1.71. The summed E-state index contributed by atoms with van der Waals surface area (Å²) in [6, 6.07) is 12.3. The van der Waals surface area contributed by atoms with E-state index in [2.05, 4.69) is 36.5 Å². The van der Waals surface area contributed by atoms with Gasteiger partial charge >= 0.3 is 0 Å². The van der Waals surface area contributed by atoms with Crippen molar-refractivity contribution in [2.24, 2.45) is 0 Å². The van der Waals surface area contributed by atoms with Gasteiger partial charge in [-0.05, 0) is 30.2 Å². The summed E-state index contributed by atoms with van der Waals surface area (Å²) in [7, 11) is 3.19. The van der Waals surface area contributed by atoms with Gasteiger partial charge < -0.3 is 14.8 Å². The van der Waals surface area contributed by atoms with Crippen molar-refractivity contribution >= 4 is 11.6 Å². The van der Waals surface area contributed by atoms with Crippen LogP contribution in [-0.2, 0) is 13.1 Å². The van der Waals surface area contributed by atoms with Crippen molar-refractivity contribution in [1.29, 1.82) is 0 Å². The lowest BCUT2D eigenvalue weighted by atomic mass is 10.1. The van der Waals surface area contributed by atoms with Gasteiger partial charge in [0, 0.05) is 13.1 Å². The zero-order chi connectivity index (χ0) is 15.2. The van der Waals surface area contributed by atoms with Crippen LogP contribution in [-0.4, -0.2) is 14.2 Å². The Morgan fingerprint density at radius 1 is 0.952 bits per heavy atom. The number of methoxy groups -OCH3 is 2. The van der Waals surface area contributed by atoms with Gasteiger partial charge in [0.1, 0.15) is 0 Å². The highest BCUT2D eigenvalue weighted by Crippen LogP contribution is 2.35. The van der Waals surface area contributed by atoms with E-state index in [0.717, 1.165) is 12.1 Å². The molecule has 0 bridgehead atoms. The van der Waals surface area contributed by atoms with E-state index in [1.54, 1.807) is 14.2 Å². The maximum atomic E-state index is 6.19. The second-order valence-electron chi connectivity index (χ2n) is 4.90. The maximum absolute atomic E-state index is 6.19. The second kappa shape index (κ2) is 7.34. The topological polar surface area (TPSA) is 30.5 Å². The van der Waals surface area contributed by atoms with Crippen LogP contribution in [0.1, 0.15) is 16.7 Å². The first-order valence-electron chi connectivity index (χ1n) is 6.80. The minimum absolute atomic E-state index is 0.559. The van der Waals surface area contributed by atoms with Crippen LogP contribution in [0.15, 0.2) is 36.4 Å². The molecular weight excluding hydrogens is 286 g/mol. The van der Waals surface area contributed by atoms with Gasteiger partial charge in [-0.3, -0.25) is 0 Å². The second-order valence-corrected chi connectivity index (χ2v) is 5.31. The average molecular weight is 306 g/mol. The predicted octanol–water partition coefficient (Wildman–Crippen LogP) is 3.96. The summed E-state index contributed by atoms with van der Waals surface area (Å²) in [6.45, 7) is 3.61. The van der Waals surface area contributed by atoms with Crippen molar-refractivity contribution < 1.29 is 9.47 Å². The molecule has 0 fully saturated rings. The van der Waals surface area contributed by atoms with Gasteiger partial charge in [0.15, 0.2) is 11.5 Å². The van der Waals surface area contributed by atoms with E-state index in [1.807, 2.05) is 12.1 Å². The normalized spacial score (nSPS) is 10.5. The van der Waals surface area contributed by atoms with E-state index >= 15 is 0 Å². The molecule has 0 amide bonds. The summed E-state index contributed by atoms with van der Waals surface area (Å²) < 4.78 is 10.5. The number of nitrogens with one attached hydrogen (secondary N) is 1. The Morgan fingerprint density at radius 2 is 1.62 bits per heavy atom. The lowest BCUT2D eigenvalue weighted by Crippen LogP contribution is -2.12. The highest BCUT2D eigenvalue weighted by atomic mass is 35.5. The Labute approximate surface area is 130 Å². The molecule has 4 heteroatoms. The van der Waals surface area contributed by atoms with Crippen LogP contribution in [0.25, 0.3) is 0 Å². The van der Waals surface area contributed by atoms with Crippen LogP contribution in [0.3, 0.4) is 0 Å². The molecule has 0 radical (unpaired) electrons. The molecule has 0 unspecified atom stereocenters. The largest absolute Gasteiger partial charge is 0.493 e. The molecule has 2 rings (SSSR count). The monoisotopic (exact) mass is 305 g/mol. The van der Waals surface area contributed by atoms with E-state index in [0.29, 0.717) is 23.1 Å². The summed E-state index contributed by atoms with van der Waals surface area (Å²) in [5.74, 6) is 1.22. The predicted molar refractivity (Wildman–Crippen MR) is 86.3 cm³/mol. The number of benzene rings is 2. The SMILES string of the molecule is COc1cc(CNCc2ccc(C)cc2)cc(Cl)c1OC. The van der Waals surface area contributed by atoms with Crippen molar-refractivity contribution in [2.75, 3.05) is 14.2 Å². The molecule has 0 saturated heterocycles. The fourth-order valence-corrected chi connectivity index (χ4v) is 2.44. The third-order valence-corrected chi connectivity index (χ3v) is 3.55. The Kier molecular flexibility index (Phi) is 5.48. The van der Waals surface area contributed by atoms with Gasteiger partial charge in [-0.2, -0.15) is 0 Å². The van der Waals surface area contributed by atoms with Crippen LogP contribution < -0.4 is 14.8 Å². The van der Waals surface area contributed by atoms with Gasteiger partial charge in [-0.25, -0.2) is 0 Å². The molecule has 0 aliphatic carbocycles. The highest BCUT2D eigenvalue weighted by Gasteiger charge is 2.10. The molecule has 0 saturated carbocycles. The molecule has 3 nitrogen and oxygen atoms in total. The number of aryl methyl sites for hydroxylation is 1. The minimum atomic E-state index is 0.559. The minimum Gasteiger partial charge on any atom is -0.493 e. The van der Waals surface area contributed by atoms with Crippen molar-refractivity contribution in [1.82, 2.24) is 5.32 Å². The van der Waals surface area contributed by atoms with Gasteiger partial charge in [0.25, 0.3) is 0 Å². The molecule has 0 aliphatic rings. The van der Waals surface area contributed by atoms with E-state index < -0.39 is 0 Å². The van der Waals surface area contributed by atoms with Crippen LogP contribution in [0.5, 0.6) is 11.5 Å². The molecule has 0 heterocycles. The zero-order valence-corrected chi connectivity index (χ0v) is 13.3. The molecule has 2 aromatic carbocycles. The third-order valence-electron chi connectivity index (χ3n) is 3.27. The number of halogens is 1. The van der Waals surface area contributed by atoms with Crippen molar-refractivity contribution in [3.05, 3.63) is 58.1 Å². The quantitative estimate of drug-likeness (QED) is 0.876. The molecule has 112 valence electrons. The maximum Gasteiger partial charge on any atom is 0.179 e. The molecule has 1 N–H and O–H groups in total. The van der Waals surface area contributed by atoms with Crippen molar-refractivity contribution in [3.8, 4) is 11.5 Å². The average Bonchev–Trinajstić information content (AvgIpc) is 2.48. The first kappa shape index (κ1) is 15.7. The lowest BCUT2D eigenvalue weighted by molar-refractivity contribution is 0.354. The first-order chi connectivity index (χ1) is 10.1. The Balaban J connectivity index is 2.00. The van der Waals surface area contributed by atoms with E-state index in [9.17, 15) is 0 Å². The number of rotatable bonds is 6. The van der Waals surface area contributed by atoms with Crippen LogP contribution >= 0.6 is 11.6 Å². The van der Waals surface area contributed by atoms with Crippen LogP contribution in [0.2, 0.25) is 5.02 Å². The molecule has 21 heavy (non-hydrogen) atoms. The van der Waals surface area contributed by atoms with Gasteiger partial charge in [0.2, 0.25) is 0 Å². The first-order valence-corrected chi connectivity index (χ1v) is 7.18. The standard InChI is InChI=1S/C17H20ClNO2/c1-12-4-6-13(7-5-12)10-19-11-14-8-15(18)17(21-3)16(9-14)20-2/h4-9,19H,10-11H2,1-3H3. The summed E-state index contributed by atoms with van der Waals surface area (Å²) in [5.41, 5.74) is 3.59. The zero-order valence-electron chi connectivity index (χ0n) is 12.6. The van der Waals surface area contributed by atoms with Crippen LogP contribution in [0, 0.1) is 6.92 Å². The van der Waals surface area contributed by atoms with Gasteiger partial charge in [-0.1, -0.05) is 41.4 Å². The van der Waals surface area contributed by atoms with Gasteiger partial charge in [-0.15, -0.1) is 0 Å². The molecule has 0 spiro atoms. The van der Waals surface area contributed by atoms with Crippen molar-refractivity contribution in [3.63, 3.8) is 0 Å². The molecule has 0 atom stereocenters. The van der Waals surface area contributed by atoms with E-state index in [4.69, 9.17) is 21.1 Å². The van der Waals surface area contributed by atoms with Crippen LogP contribution in [0.4, 0.5) is 0 Å². The van der Waals surface area contributed by atoms with E-state index in [-0.39, 0.29) is 0 Å². The number of hydrogen-bond donors (Lipinski definition) is 1. The smallest absolute Gasteiger partial charge is 0.179 e. The summed E-state index contributed by atoms with van der Waals surface area (Å²) in [6.07, 6.45) is 0. The Morgan fingerprint density at radius 3 is 2.24 bits per heavy atom. The molecular formula is C17H20ClNO2. The van der Waals surface area contributed by atoms with Crippen molar-refractivity contribution in [2.45, 2.75) is 20.0 Å². The summed E-state index contributed by atoms with van der Waals surface area (Å²) in [4.78, 5) is 0. The number of hydrogen-bond acceptors (Lipinski definition) is 3. The molecule has 2 aromatic rings. The molecule has 0 aromatic heterocycles. The Bertz CT molecular complexity index is 596. The lowest BCUT2D eigenvalue weighted by Gasteiger charge is -2.12. The summed E-state index contributed by atoms with van der Waals surface area (Å²) >= 11 is 6.19.